The molecule has 0 heterocycles. The van der Waals surface area contributed by atoms with Crippen LogP contribution in [0.4, 0.5) is 0 Å². The largest absolute Gasteiger partial charge is 0.306 e. The monoisotopic (exact) mass is 169 g/mol. The molecule has 0 aliphatic heterocycles. The highest BCUT2D eigenvalue weighted by Crippen LogP contribution is 2.57. The van der Waals surface area contributed by atoms with Gasteiger partial charge in [-0.25, -0.2) is 0 Å². The van der Waals surface area contributed by atoms with Crippen molar-refractivity contribution in [3.05, 3.63) is 0 Å². The molecule has 0 amide bonds. The van der Waals surface area contributed by atoms with Gasteiger partial charge in [0.1, 0.15) is 0 Å². The van der Waals surface area contributed by atoms with Gasteiger partial charge in [-0.05, 0) is 45.2 Å². The molecule has 0 saturated heterocycles. The van der Waals surface area contributed by atoms with Gasteiger partial charge >= 0.3 is 0 Å². The molecular formula is C11H23N. The van der Waals surface area contributed by atoms with Crippen LogP contribution in [0.15, 0.2) is 0 Å². The van der Waals surface area contributed by atoms with E-state index in [-0.39, 0.29) is 0 Å². The first-order valence-corrected chi connectivity index (χ1v) is 5.17. The van der Waals surface area contributed by atoms with Crippen molar-refractivity contribution in [1.29, 1.82) is 0 Å². The lowest BCUT2D eigenvalue weighted by atomic mass is 9.97. The van der Waals surface area contributed by atoms with Gasteiger partial charge in [0.05, 0.1) is 0 Å². The molecule has 0 aromatic heterocycles. The predicted molar refractivity (Wildman–Crippen MR) is 54.3 cm³/mol. The maximum Gasteiger partial charge on any atom is 0.00945 e. The fourth-order valence-electron chi connectivity index (χ4n) is 2.41. The minimum atomic E-state index is 0.679. The van der Waals surface area contributed by atoms with Crippen LogP contribution in [-0.4, -0.2) is 25.0 Å². The van der Waals surface area contributed by atoms with Crippen molar-refractivity contribution < 1.29 is 0 Å². The molecule has 0 radical (unpaired) electrons. The van der Waals surface area contributed by atoms with Gasteiger partial charge in [0, 0.05) is 6.04 Å². The molecule has 12 heavy (non-hydrogen) atoms. The highest BCUT2D eigenvalue weighted by Gasteiger charge is 2.51. The van der Waals surface area contributed by atoms with Crippen LogP contribution in [0.2, 0.25) is 0 Å². The zero-order valence-corrected chi connectivity index (χ0v) is 9.22. The standard InChI is InChI=1S/C11H23N/c1-6-7-11(3)8-10(11)9(2)12(4)5/h9-10H,6-8H2,1-5H3. The number of hydrogen-bond acceptors (Lipinski definition) is 1. The minimum Gasteiger partial charge on any atom is -0.306 e. The van der Waals surface area contributed by atoms with Crippen molar-refractivity contribution in [2.75, 3.05) is 14.1 Å². The van der Waals surface area contributed by atoms with E-state index in [9.17, 15) is 0 Å². The number of rotatable bonds is 4. The Morgan fingerprint density at radius 3 is 2.50 bits per heavy atom. The topological polar surface area (TPSA) is 3.24 Å². The second kappa shape index (κ2) is 3.37. The summed E-state index contributed by atoms with van der Waals surface area (Å²) < 4.78 is 0. The Labute approximate surface area is 77.1 Å². The average molecular weight is 169 g/mol. The summed E-state index contributed by atoms with van der Waals surface area (Å²) in [6, 6.07) is 0.765. The second-order valence-electron chi connectivity index (χ2n) is 4.92. The van der Waals surface area contributed by atoms with E-state index in [1.54, 1.807) is 0 Å². The Hall–Kier alpha value is -0.0400. The molecule has 1 saturated carbocycles. The van der Waals surface area contributed by atoms with Crippen LogP contribution in [-0.2, 0) is 0 Å². The van der Waals surface area contributed by atoms with Crippen LogP contribution in [0.25, 0.3) is 0 Å². The van der Waals surface area contributed by atoms with Gasteiger partial charge in [-0.1, -0.05) is 20.3 Å². The molecule has 3 atom stereocenters. The van der Waals surface area contributed by atoms with Crippen molar-refractivity contribution in [3.8, 4) is 0 Å². The summed E-state index contributed by atoms with van der Waals surface area (Å²) in [5, 5.41) is 0. The molecular weight excluding hydrogens is 146 g/mol. The minimum absolute atomic E-state index is 0.679. The molecule has 0 aromatic carbocycles. The first-order valence-electron chi connectivity index (χ1n) is 5.17. The van der Waals surface area contributed by atoms with Gasteiger partial charge < -0.3 is 4.90 Å². The van der Waals surface area contributed by atoms with Crippen LogP contribution >= 0.6 is 0 Å². The first-order chi connectivity index (χ1) is 5.51. The lowest BCUT2D eigenvalue weighted by Crippen LogP contribution is -2.28. The van der Waals surface area contributed by atoms with Gasteiger partial charge in [-0.15, -0.1) is 0 Å². The molecule has 0 bridgehead atoms. The van der Waals surface area contributed by atoms with Crippen LogP contribution < -0.4 is 0 Å². The van der Waals surface area contributed by atoms with Gasteiger partial charge in [-0.3, -0.25) is 0 Å². The zero-order chi connectivity index (χ0) is 9.35. The third kappa shape index (κ3) is 1.82. The average Bonchev–Trinajstić information content (AvgIpc) is 2.61. The molecule has 72 valence electrons. The molecule has 0 aromatic rings. The van der Waals surface area contributed by atoms with E-state index >= 15 is 0 Å². The van der Waals surface area contributed by atoms with Crippen molar-refractivity contribution in [1.82, 2.24) is 4.90 Å². The van der Waals surface area contributed by atoms with E-state index in [2.05, 4.69) is 39.8 Å². The maximum absolute atomic E-state index is 2.45. The summed E-state index contributed by atoms with van der Waals surface area (Å²) in [5.74, 6) is 0.951. The van der Waals surface area contributed by atoms with Gasteiger partial charge in [-0.2, -0.15) is 0 Å². The molecule has 1 heteroatoms. The van der Waals surface area contributed by atoms with Crippen molar-refractivity contribution in [2.45, 2.75) is 46.1 Å². The lowest BCUT2D eigenvalue weighted by Gasteiger charge is -2.22. The fourth-order valence-corrected chi connectivity index (χ4v) is 2.41. The maximum atomic E-state index is 2.45. The quantitative estimate of drug-likeness (QED) is 0.625. The van der Waals surface area contributed by atoms with Crippen molar-refractivity contribution in [3.63, 3.8) is 0 Å². The van der Waals surface area contributed by atoms with Crippen LogP contribution in [0.1, 0.15) is 40.0 Å². The number of nitrogens with zero attached hydrogens (tertiary/aromatic N) is 1. The SMILES string of the molecule is CCCC1(C)CC1C(C)N(C)C. The Balaban J connectivity index is 2.40. The van der Waals surface area contributed by atoms with Crippen molar-refractivity contribution in [2.24, 2.45) is 11.3 Å². The van der Waals surface area contributed by atoms with Crippen LogP contribution in [0.3, 0.4) is 0 Å². The van der Waals surface area contributed by atoms with E-state index in [1.807, 2.05) is 0 Å². The molecule has 1 aliphatic rings. The van der Waals surface area contributed by atoms with Gasteiger partial charge in [0.2, 0.25) is 0 Å². The van der Waals surface area contributed by atoms with Crippen LogP contribution in [0, 0.1) is 11.3 Å². The van der Waals surface area contributed by atoms with E-state index in [0.29, 0.717) is 5.41 Å². The second-order valence-corrected chi connectivity index (χ2v) is 4.92. The number of hydrogen-bond donors (Lipinski definition) is 0. The van der Waals surface area contributed by atoms with Crippen LogP contribution in [0.5, 0.6) is 0 Å². The molecule has 0 N–H and O–H groups in total. The summed E-state index contributed by atoms with van der Waals surface area (Å²) in [6.07, 6.45) is 4.20. The van der Waals surface area contributed by atoms with E-state index in [1.165, 1.54) is 19.3 Å². The fraction of sp³-hybridized carbons (Fsp3) is 1.00. The smallest absolute Gasteiger partial charge is 0.00945 e. The van der Waals surface area contributed by atoms with Gasteiger partial charge in [0.15, 0.2) is 0 Å². The Morgan fingerprint density at radius 2 is 2.08 bits per heavy atom. The third-order valence-corrected chi connectivity index (χ3v) is 3.64. The van der Waals surface area contributed by atoms with E-state index < -0.39 is 0 Å². The molecule has 0 spiro atoms. The summed E-state index contributed by atoms with van der Waals surface area (Å²) >= 11 is 0. The van der Waals surface area contributed by atoms with E-state index in [0.717, 1.165) is 12.0 Å². The van der Waals surface area contributed by atoms with Gasteiger partial charge in [0.25, 0.3) is 0 Å². The first kappa shape index (κ1) is 10.0. The lowest BCUT2D eigenvalue weighted by molar-refractivity contribution is 0.252. The third-order valence-electron chi connectivity index (χ3n) is 3.64. The highest BCUT2D eigenvalue weighted by atomic mass is 15.1. The summed E-state index contributed by atoms with van der Waals surface area (Å²) in [7, 11) is 4.38. The Morgan fingerprint density at radius 1 is 1.50 bits per heavy atom. The zero-order valence-electron chi connectivity index (χ0n) is 9.22. The Bertz CT molecular complexity index is 153. The van der Waals surface area contributed by atoms with E-state index in [4.69, 9.17) is 0 Å². The summed E-state index contributed by atoms with van der Waals surface area (Å²) in [4.78, 5) is 2.35. The summed E-state index contributed by atoms with van der Waals surface area (Å²) in [5.41, 5.74) is 0.679. The molecule has 1 aliphatic carbocycles. The molecule has 3 unspecified atom stereocenters. The molecule has 1 rings (SSSR count). The molecule has 1 fully saturated rings. The summed E-state index contributed by atoms with van der Waals surface area (Å²) in [6.45, 7) is 7.09. The normalized spacial score (nSPS) is 37.0. The van der Waals surface area contributed by atoms with Crippen molar-refractivity contribution >= 4 is 0 Å². The Kier molecular flexibility index (Phi) is 2.82. The predicted octanol–water partition coefficient (Wildman–Crippen LogP) is 2.76. The highest BCUT2D eigenvalue weighted by molar-refractivity contribution is 5.02. The molecule has 1 nitrogen and oxygen atoms in total.